The van der Waals surface area contributed by atoms with Crippen molar-refractivity contribution in [2.75, 3.05) is 19.8 Å². The summed E-state index contributed by atoms with van der Waals surface area (Å²) in [6, 6.07) is 0.390. The third-order valence-electron chi connectivity index (χ3n) is 6.66. The molecule has 2 N–H and O–H groups in total. The number of hydrogen-bond acceptors (Lipinski definition) is 3. The van der Waals surface area contributed by atoms with Crippen LogP contribution in [0.1, 0.15) is 51.4 Å². The Morgan fingerprint density at radius 3 is 2.80 bits per heavy atom. The summed E-state index contributed by atoms with van der Waals surface area (Å²) in [6.07, 6.45) is 10.6. The van der Waals surface area contributed by atoms with Crippen molar-refractivity contribution in [2.24, 2.45) is 29.4 Å². The van der Waals surface area contributed by atoms with E-state index < -0.39 is 0 Å². The fourth-order valence-corrected chi connectivity index (χ4v) is 5.50. The van der Waals surface area contributed by atoms with E-state index in [2.05, 4.69) is 0 Å². The van der Waals surface area contributed by atoms with E-state index >= 15 is 0 Å². The van der Waals surface area contributed by atoms with Gasteiger partial charge in [-0.2, -0.15) is 0 Å². The van der Waals surface area contributed by atoms with Crippen molar-refractivity contribution in [3.8, 4) is 0 Å². The summed E-state index contributed by atoms with van der Waals surface area (Å²) in [5, 5.41) is 0. The first kappa shape index (κ1) is 13.5. The van der Waals surface area contributed by atoms with Crippen LogP contribution in [0.2, 0.25) is 0 Å². The van der Waals surface area contributed by atoms with Gasteiger partial charge in [-0.05, 0) is 62.2 Å². The van der Waals surface area contributed by atoms with Gasteiger partial charge >= 0.3 is 0 Å². The van der Waals surface area contributed by atoms with Crippen molar-refractivity contribution >= 4 is 0 Å². The normalized spacial score (nSPS) is 49.0. The van der Waals surface area contributed by atoms with Gasteiger partial charge in [-0.15, -0.1) is 0 Å². The molecule has 0 aromatic heterocycles. The molecule has 4 aliphatic rings. The molecular weight excluding hydrogens is 250 g/mol. The molecule has 114 valence electrons. The van der Waals surface area contributed by atoms with Gasteiger partial charge in [0.2, 0.25) is 0 Å². The first-order chi connectivity index (χ1) is 9.74. The molecule has 3 nitrogen and oxygen atoms in total. The Hall–Kier alpha value is -0.120. The monoisotopic (exact) mass is 279 g/mol. The number of fused-ring (bicyclic) bond motifs is 2. The van der Waals surface area contributed by atoms with Crippen molar-refractivity contribution in [1.29, 1.82) is 0 Å². The maximum absolute atomic E-state index is 6.61. The Morgan fingerprint density at radius 2 is 2.10 bits per heavy atom. The standard InChI is InChI=1S/C17H29NO2/c18-16(9-15-8-12-1-2-13(15)7-12)14-3-5-20-17(10-14)4-6-19-11-17/h12-16H,1-11,18H2. The third kappa shape index (κ3) is 2.42. The van der Waals surface area contributed by atoms with E-state index in [4.69, 9.17) is 15.2 Å². The molecule has 2 aliphatic carbocycles. The summed E-state index contributed by atoms with van der Waals surface area (Å²) in [5.41, 5.74) is 6.64. The molecule has 3 heteroatoms. The predicted octanol–water partition coefficient (Wildman–Crippen LogP) is 2.73. The lowest BCUT2D eigenvalue weighted by Gasteiger charge is -2.40. The summed E-state index contributed by atoms with van der Waals surface area (Å²) in [6.45, 7) is 2.55. The molecule has 0 aromatic rings. The summed E-state index contributed by atoms with van der Waals surface area (Å²) < 4.78 is 11.6. The second kappa shape index (κ2) is 5.26. The van der Waals surface area contributed by atoms with E-state index in [1.807, 2.05) is 0 Å². The van der Waals surface area contributed by atoms with Crippen LogP contribution >= 0.6 is 0 Å². The number of ether oxygens (including phenoxy) is 2. The average Bonchev–Trinajstić information content (AvgIpc) is 3.16. The van der Waals surface area contributed by atoms with E-state index in [0.29, 0.717) is 12.0 Å². The molecule has 20 heavy (non-hydrogen) atoms. The molecule has 4 rings (SSSR count). The minimum absolute atomic E-state index is 0.0230. The average molecular weight is 279 g/mol. The van der Waals surface area contributed by atoms with E-state index in [1.165, 1.54) is 32.1 Å². The quantitative estimate of drug-likeness (QED) is 0.864. The molecule has 2 aliphatic heterocycles. The van der Waals surface area contributed by atoms with Crippen LogP contribution in [0.15, 0.2) is 0 Å². The Labute approximate surface area is 122 Å². The van der Waals surface area contributed by atoms with E-state index in [9.17, 15) is 0 Å². The fraction of sp³-hybridized carbons (Fsp3) is 1.00. The van der Waals surface area contributed by atoms with Gasteiger partial charge < -0.3 is 15.2 Å². The highest BCUT2D eigenvalue weighted by Gasteiger charge is 2.44. The highest BCUT2D eigenvalue weighted by Crippen LogP contribution is 2.50. The Morgan fingerprint density at radius 1 is 1.15 bits per heavy atom. The first-order valence-electron chi connectivity index (χ1n) is 8.71. The van der Waals surface area contributed by atoms with Crippen LogP contribution in [-0.4, -0.2) is 31.5 Å². The zero-order valence-corrected chi connectivity index (χ0v) is 12.6. The Balaban J connectivity index is 1.35. The SMILES string of the molecule is NC(CC1CC2CCC1C2)C1CCOC2(CCOC2)C1. The van der Waals surface area contributed by atoms with Crippen LogP contribution in [0.25, 0.3) is 0 Å². The van der Waals surface area contributed by atoms with Gasteiger partial charge in [0.1, 0.15) is 0 Å². The summed E-state index contributed by atoms with van der Waals surface area (Å²) in [5.74, 6) is 3.64. The zero-order valence-electron chi connectivity index (χ0n) is 12.6. The Kier molecular flexibility index (Phi) is 3.56. The maximum atomic E-state index is 6.61. The fourth-order valence-electron chi connectivity index (χ4n) is 5.50. The van der Waals surface area contributed by atoms with Crippen LogP contribution in [0.4, 0.5) is 0 Å². The molecule has 4 fully saturated rings. The molecule has 2 bridgehead atoms. The van der Waals surface area contributed by atoms with Crippen molar-refractivity contribution in [3.05, 3.63) is 0 Å². The summed E-state index contributed by atoms with van der Waals surface area (Å²) in [7, 11) is 0. The van der Waals surface area contributed by atoms with Gasteiger partial charge in [-0.1, -0.05) is 6.42 Å². The van der Waals surface area contributed by atoms with Crippen molar-refractivity contribution in [2.45, 2.75) is 63.0 Å². The van der Waals surface area contributed by atoms with Crippen LogP contribution in [0.3, 0.4) is 0 Å². The second-order valence-corrected chi connectivity index (χ2v) is 7.92. The van der Waals surface area contributed by atoms with E-state index in [-0.39, 0.29) is 5.60 Å². The van der Waals surface area contributed by atoms with E-state index in [0.717, 1.165) is 56.8 Å². The molecule has 0 aromatic carbocycles. The molecule has 1 spiro atoms. The summed E-state index contributed by atoms with van der Waals surface area (Å²) >= 11 is 0. The van der Waals surface area contributed by atoms with Crippen molar-refractivity contribution in [3.63, 3.8) is 0 Å². The smallest absolute Gasteiger partial charge is 0.0939 e. The van der Waals surface area contributed by atoms with Crippen LogP contribution in [0, 0.1) is 23.7 Å². The molecule has 2 saturated heterocycles. The van der Waals surface area contributed by atoms with Gasteiger partial charge in [0.25, 0.3) is 0 Å². The van der Waals surface area contributed by atoms with Gasteiger partial charge in [-0.25, -0.2) is 0 Å². The lowest BCUT2D eigenvalue weighted by molar-refractivity contribution is -0.102. The number of nitrogens with two attached hydrogens (primary N) is 1. The molecular formula is C17H29NO2. The minimum atomic E-state index is 0.0230. The van der Waals surface area contributed by atoms with Gasteiger partial charge in [0.15, 0.2) is 0 Å². The zero-order chi connectivity index (χ0) is 13.6. The highest BCUT2D eigenvalue weighted by atomic mass is 16.6. The third-order valence-corrected chi connectivity index (χ3v) is 6.66. The van der Waals surface area contributed by atoms with E-state index in [1.54, 1.807) is 0 Å². The molecule has 6 atom stereocenters. The lowest BCUT2D eigenvalue weighted by Crippen LogP contribution is -2.46. The Bertz CT molecular complexity index is 353. The lowest BCUT2D eigenvalue weighted by atomic mass is 9.76. The number of hydrogen-bond donors (Lipinski definition) is 1. The molecule has 2 heterocycles. The van der Waals surface area contributed by atoms with Gasteiger partial charge in [-0.3, -0.25) is 0 Å². The minimum Gasteiger partial charge on any atom is -0.378 e. The molecule has 0 amide bonds. The van der Waals surface area contributed by atoms with Gasteiger partial charge in [0, 0.05) is 25.7 Å². The second-order valence-electron chi connectivity index (χ2n) is 7.92. The van der Waals surface area contributed by atoms with Crippen molar-refractivity contribution < 1.29 is 9.47 Å². The van der Waals surface area contributed by atoms with Crippen molar-refractivity contribution in [1.82, 2.24) is 0 Å². The highest BCUT2D eigenvalue weighted by molar-refractivity contribution is 4.96. The molecule has 0 radical (unpaired) electrons. The van der Waals surface area contributed by atoms with Crippen LogP contribution < -0.4 is 5.73 Å². The van der Waals surface area contributed by atoms with Crippen LogP contribution in [0.5, 0.6) is 0 Å². The molecule has 6 unspecified atom stereocenters. The predicted molar refractivity (Wildman–Crippen MR) is 78.4 cm³/mol. The largest absolute Gasteiger partial charge is 0.378 e. The van der Waals surface area contributed by atoms with Gasteiger partial charge in [0.05, 0.1) is 12.2 Å². The summed E-state index contributed by atoms with van der Waals surface area (Å²) in [4.78, 5) is 0. The molecule has 2 saturated carbocycles. The van der Waals surface area contributed by atoms with Crippen LogP contribution in [-0.2, 0) is 9.47 Å². The number of rotatable bonds is 3. The maximum Gasteiger partial charge on any atom is 0.0939 e. The first-order valence-corrected chi connectivity index (χ1v) is 8.71. The topological polar surface area (TPSA) is 44.5 Å².